The monoisotopic (exact) mass is 436 g/mol. The summed E-state index contributed by atoms with van der Waals surface area (Å²) >= 11 is 7.73. The second-order valence-corrected chi connectivity index (χ2v) is 6.18. The van der Waals surface area contributed by atoms with Crippen LogP contribution in [-0.4, -0.2) is 53.1 Å². The fourth-order valence-electron chi connectivity index (χ4n) is 1.56. The summed E-state index contributed by atoms with van der Waals surface area (Å²) in [5.74, 6) is -3.19. The highest BCUT2D eigenvalue weighted by atomic mass is 32.1. The molecule has 0 aromatic rings. The predicted octanol–water partition coefficient (Wildman–Crippen LogP) is -2.72. The summed E-state index contributed by atoms with van der Waals surface area (Å²) < 4.78 is 0. The van der Waals surface area contributed by atoms with E-state index in [1.54, 1.807) is 0 Å². The van der Waals surface area contributed by atoms with Crippen LogP contribution in [0.1, 0.15) is 32.6 Å². The molecule has 1 unspecified atom stereocenters. The molecule has 0 rings (SSSR count). The molecule has 0 aromatic carbocycles. The molecule has 6 N–H and O–H groups in total. The highest BCUT2D eigenvalue weighted by Crippen LogP contribution is 1.91. The first-order chi connectivity index (χ1) is 13.2. The van der Waals surface area contributed by atoms with Crippen LogP contribution < -0.4 is 32.3 Å². The van der Waals surface area contributed by atoms with Crippen molar-refractivity contribution in [1.82, 2.24) is 32.3 Å². The molecular weight excluding hydrogens is 412 g/mol. The third-order valence-electron chi connectivity index (χ3n) is 2.84. The minimum atomic E-state index is -1.46. The smallest absolute Gasteiger partial charge is 0.281 e. The number of carbonyl (C=O) groups excluding carboxylic acids is 6. The average molecular weight is 437 g/mol. The van der Waals surface area contributed by atoms with Crippen LogP contribution >= 0.6 is 25.3 Å². The lowest BCUT2D eigenvalue weighted by atomic mass is 10.2. The van der Waals surface area contributed by atoms with Gasteiger partial charge in [0.25, 0.3) is 5.91 Å². The summed E-state index contributed by atoms with van der Waals surface area (Å²) in [6, 6.07) is 0. The molecule has 0 aliphatic carbocycles. The van der Waals surface area contributed by atoms with Gasteiger partial charge >= 0.3 is 0 Å². The molecule has 0 aromatic heterocycles. The number of rotatable bonds is 10. The van der Waals surface area contributed by atoms with Gasteiger partial charge in [-0.15, -0.1) is 0 Å². The molecule has 0 saturated carbocycles. The second kappa shape index (κ2) is 14.6. The van der Waals surface area contributed by atoms with Crippen LogP contribution in [0.3, 0.4) is 0 Å². The number of hydrazine groups is 2. The Labute approximate surface area is 172 Å². The van der Waals surface area contributed by atoms with Gasteiger partial charge < -0.3 is 10.6 Å². The van der Waals surface area contributed by atoms with Crippen molar-refractivity contribution in [3.05, 3.63) is 0 Å². The Kier molecular flexibility index (Phi) is 13.3. The molecule has 0 saturated heterocycles. The van der Waals surface area contributed by atoms with Gasteiger partial charge in [0.1, 0.15) is 0 Å². The van der Waals surface area contributed by atoms with Crippen LogP contribution in [0.15, 0.2) is 0 Å². The number of hydrogen-bond donors (Lipinski definition) is 8. The Morgan fingerprint density at radius 2 is 1.07 bits per heavy atom. The Morgan fingerprint density at radius 3 is 1.54 bits per heavy atom. The highest BCUT2D eigenvalue weighted by Gasteiger charge is 2.22. The van der Waals surface area contributed by atoms with E-state index in [-0.39, 0.29) is 31.4 Å². The zero-order chi connectivity index (χ0) is 21.5. The van der Waals surface area contributed by atoms with E-state index in [1.165, 1.54) is 0 Å². The van der Waals surface area contributed by atoms with Crippen molar-refractivity contribution in [1.29, 1.82) is 0 Å². The fourth-order valence-corrected chi connectivity index (χ4v) is 1.97. The van der Waals surface area contributed by atoms with E-state index in [4.69, 9.17) is 0 Å². The van der Waals surface area contributed by atoms with Gasteiger partial charge in [0.15, 0.2) is 6.17 Å². The Bertz CT molecular complexity index is 603. The third kappa shape index (κ3) is 12.8. The summed E-state index contributed by atoms with van der Waals surface area (Å²) in [5.41, 5.74) is 8.42. The minimum absolute atomic E-state index is 0.0558. The maximum atomic E-state index is 12.0. The fraction of sp³-hybridized carbons (Fsp3) is 0.571. The van der Waals surface area contributed by atoms with Crippen LogP contribution in [0.5, 0.6) is 0 Å². The molecule has 0 radical (unpaired) electrons. The summed E-state index contributed by atoms with van der Waals surface area (Å²) in [7, 11) is 0. The van der Waals surface area contributed by atoms with Crippen molar-refractivity contribution < 1.29 is 28.8 Å². The zero-order valence-electron chi connectivity index (χ0n) is 15.2. The molecule has 0 aliphatic rings. The molecule has 0 heterocycles. The summed E-state index contributed by atoms with van der Waals surface area (Å²) in [4.78, 5) is 69.2. The van der Waals surface area contributed by atoms with Crippen molar-refractivity contribution in [3.8, 4) is 0 Å². The molecule has 0 bridgehead atoms. The van der Waals surface area contributed by atoms with Gasteiger partial charge in [0, 0.05) is 32.6 Å². The van der Waals surface area contributed by atoms with Gasteiger partial charge in [-0.2, -0.15) is 25.3 Å². The van der Waals surface area contributed by atoms with Gasteiger partial charge in [0.05, 0.1) is 0 Å². The molecule has 0 spiro atoms. The predicted molar refractivity (Wildman–Crippen MR) is 104 cm³/mol. The van der Waals surface area contributed by atoms with E-state index < -0.39 is 41.6 Å². The number of nitrogens with one attached hydrogen (secondary N) is 6. The van der Waals surface area contributed by atoms with Gasteiger partial charge in [-0.1, -0.05) is 0 Å². The highest BCUT2D eigenvalue weighted by molar-refractivity contribution is 7.80. The lowest BCUT2D eigenvalue weighted by Crippen LogP contribution is -2.59. The van der Waals surface area contributed by atoms with Crippen LogP contribution in [0, 0.1) is 0 Å². The third-order valence-corrected chi connectivity index (χ3v) is 3.29. The maximum absolute atomic E-state index is 12.0. The standard InChI is InChI=1S/C14H24N6O6S2/c1-8(21)15-13(14(26)20-19-12(25)5-7-28)16-9(22)2-3-10(23)17-18-11(24)4-6-27/h13,27-28H,2-7H2,1H3,(H,15,21)(H,16,22)(H,17,23)(H,18,24)(H,19,25)(H,20,26). The number of hydrogen-bond acceptors (Lipinski definition) is 8. The van der Waals surface area contributed by atoms with E-state index in [0.29, 0.717) is 5.75 Å². The first-order valence-electron chi connectivity index (χ1n) is 8.14. The molecule has 0 fully saturated rings. The van der Waals surface area contributed by atoms with Gasteiger partial charge in [-0.05, 0) is 11.5 Å². The largest absolute Gasteiger partial charge is 0.328 e. The normalized spacial score (nSPS) is 10.8. The molecule has 1 atom stereocenters. The molecule has 6 amide bonds. The topological polar surface area (TPSA) is 175 Å². The van der Waals surface area contributed by atoms with Gasteiger partial charge in [-0.25, -0.2) is 0 Å². The number of thiol groups is 2. The van der Waals surface area contributed by atoms with Crippen LogP contribution in [0.2, 0.25) is 0 Å². The average Bonchev–Trinajstić information content (AvgIpc) is 2.62. The molecule has 12 nitrogen and oxygen atoms in total. The molecular formula is C14H24N6O6S2. The van der Waals surface area contributed by atoms with Gasteiger partial charge in [0.2, 0.25) is 29.5 Å². The Hall–Kier alpha value is -2.48. The first-order valence-corrected chi connectivity index (χ1v) is 9.40. The van der Waals surface area contributed by atoms with E-state index in [1.807, 2.05) is 0 Å². The molecule has 158 valence electrons. The van der Waals surface area contributed by atoms with Gasteiger partial charge in [-0.3, -0.25) is 50.5 Å². The molecule has 14 heteroatoms. The number of carbonyl (C=O) groups is 6. The lowest BCUT2D eigenvalue weighted by Gasteiger charge is -2.19. The first kappa shape index (κ1) is 25.5. The second-order valence-electron chi connectivity index (χ2n) is 5.28. The SMILES string of the molecule is CC(=O)NC(NC(=O)CCC(=O)NNC(=O)CCS)C(=O)NNC(=O)CCS. The summed E-state index contributed by atoms with van der Waals surface area (Å²) in [5, 5.41) is 4.41. The molecule has 0 aliphatic heterocycles. The Morgan fingerprint density at radius 1 is 0.643 bits per heavy atom. The number of amides is 6. The van der Waals surface area contributed by atoms with Crippen molar-refractivity contribution in [3.63, 3.8) is 0 Å². The summed E-state index contributed by atoms with van der Waals surface area (Å²) in [6.45, 7) is 1.13. The van der Waals surface area contributed by atoms with Crippen molar-refractivity contribution in [2.24, 2.45) is 0 Å². The van der Waals surface area contributed by atoms with E-state index in [9.17, 15) is 28.8 Å². The zero-order valence-corrected chi connectivity index (χ0v) is 17.0. The van der Waals surface area contributed by atoms with E-state index in [2.05, 4.69) is 57.6 Å². The minimum Gasteiger partial charge on any atom is -0.328 e. The maximum Gasteiger partial charge on any atom is 0.281 e. The quantitative estimate of drug-likeness (QED) is 0.105. The molecule has 28 heavy (non-hydrogen) atoms. The van der Waals surface area contributed by atoms with E-state index >= 15 is 0 Å². The lowest BCUT2D eigenvalue weighted by molar-refractivity contribution is -0.135. The van der Waals surface area contributed by atoms with Crippen molar-refractivity contribution in [2.75, 3.05) is 11.5 Å². The van der Waals surface area contributed by atoms with E-state index in [0.717, 1.165) is 6.92 Å². The van der Waals surface area contributed by atoms with Crippen molar-refractivity contribution >= 4 is 60.7 Å². The summed E-state index contributed by atoms with van der Waals surface area (Å²) in [6.07, 6.45) is -1.88. The van der Waals surface area contributed by atoms with Crippen LogP contribution in [0.25, 0.3) is 0 Å². The van der Waals surface area contributed by atoms with Crippen LogP contribution in [0.4, 0.5) is 0 Å². The Balaban J connectivity index is 4.46. The van der Waals surface area contributed by atoms with Crippen LogP contribution in [-0.2, 0) is 28.8 Å². The van der Waals surface area contributed by atoms with Crippen molar-refractivity contribution in [2.45, 2.75) is 38.8 Å².